The van der Waals surface area contributed by atoms with Crippen LogP contribution in [0, 0.1) is 6.92 Å². The highest BCUT2D eigenvalue weighted by Gasteiger charge is 2.31. The Morgan fingerprint density at radius 3 is 2.42 bits per heavy atom. The lowest BCUT2D eigenvalue weighted by Gasteiger charge is -2.36. The second kappa shape index (κ2) is 6.96. The Morgan fingerprint density at radius 2 is 1.69 bits per heavy atom. The minimum Gasteiger partial charge on any atom is -0.360 e. The summed E-state index contributed by atoms with van der Waals surface area (Å²) in [5, 5.41) is 1.05. The number of hydrogen-bond donors (Lipinski definition) is 2. The Bertz CT molecular complexity index is 908. The van der Waals surface area contributed by atoms with Crippen molar-refractivity contribution in [3.05, 3.63) is 65.9 Å². The summed E-state index contributed by atoms with van der Waals surface area (Å²) in [7, 11) is 0. The van der Waals surface area contributed by atoms with Crippen molar-refractivity contribution < 1.29 is 9.69 Å². The maximum absolute atomic E-state index is 13.2. The summed E-state index contributed by atoms with van der Waals surface area (Å²) < 4.78 is 0. The summed E-state index contributed by atoms with van der Waals surface area (Å²) in [4.78, 5) is 20.4. The van der Waals surface area contributed by atoms with Gasteiger partial charge in [-0.25, -0.2) is 0 Å². The van der Waals surface area contributed by atoms with Gasteiger partial charge in [-0.2, -0.15) is 0 Å². The molecule has 4 heteroatoms. The second-order valence-corrected chi connectivity index (χ2v) is 7.24. The van der Waals surface area contributed by atoms with Gasteiger partial charge in [-0.15, -0.1) is 0 Å². The van der Waals surface area contributed by atoms with Gasteiger partial charge >= 0.3 is 0 Å². The van der Waals surface area contributed by atoms with Crippen LogP contribution in [0.5, 0.6) is 0 Å². The lowest BCUT2D eigenvalue weighted by atomic mass is 10.0. The molecule has 1 aliphatic rings. The highest BCUT2D eigenvalue weighted by atomic mass is 16.1. The van der Waals surface area contributed by atoms with E-state index in [4.69, 9.17) is 0 Å². The number of rotatable bonds is 4. The van der Waals surface area contributed by atoms with Crippen LogP contribution in [0.3, 0.4) is 0 Å². The SMILES string of the molecule is Cc1[nH]c2ccccc2c1C(=O)[C@H](C)[NH+]1CCN(c2ccccc2)CC1. The Kier molecular flexibility index (Phi) is 4.51. The van der Waals surface area contributed by atoms with Crippen molar-refractivity contribution in [2.75, 3.05) is 31.1 Å². The molecule has 0 unspecified atom stereocenters. The highest BCUT2D eigenvalue weighted by molar-refractivity contribution is 6.10. The van der Waals surface area contributed by atoms with E-state index < -0.39 is 0 Å². The Labute approximate surface area is 154 Å². The number of anilines is 1. The molecule has 3 aromatic rings. The summed E-state index contributed by atoms with van der Waals surface area (Å²) >= 11 is 0. The number of para-hydroxylation sites is 2. The monoisotopic (exact) mass is 348 g/mol. The van der Waals surface area contributed by atoms with E-state index in [2.05, 4.69) is 47.1 Å². The van der Waals surface area contributed by atoms with Crippen molar-refractivity contribution in [3.63, 3.8) is 0 Å². The average molecular weight is 348 g/mol. The molecule has 1 atom stereocenters. The number of aryl methyl sites for hydroxylation is 1. The zero-order valence-electron chi connectivity index (χ0n) is 15.5. The van der Waals surface area contributed by atoms with Gasteiger partial charge in [-0.1, -0.05) is 36.4 Å². The molecule has 2 heterocycles. The van der Waals surface area contributed by atoms with Crippen molar-refractivity contribution in [3.8, 4) is 0 Å². The van der Waals surface area contributed by atoms with Crippen molar-refractivity contribution in [1.29, 1.82) is 0 Å². The van der Waals surface area contributed by atoms with Gasteiger partial charge < -0.3 is 14.8 Å². The van der Waals surface area contributed by atoms with Crippen LogP contribution in [0.25, 0.3) is 10.9 Å². The molecule has 0 amide bonds. The first-order valence-corrected chi connectivity index (χ1v) is 9.41. The number of ketones is 1. The maximum atomic E-state index is 13.2. The maximum Gasteiger partial charge on any atom is 0.222 e. The number of nitrogens with one attached hydrogen (secondary N) is 2. The van der Waals surface area contributed by atoms with Crippen LogP contribution in [0.4, 0.5) is 5.69 Å². The fraction of sp³-hybridized carbons (Fsp3) is 0.318. The van der Waals surface area contributed by atoms with Crippen LogP contribution in [0.1, 0.15) is 23.0 Å². The molecule has 0 saturated carbocycles. The third kappa shape index (κ3) is 3.01. The Balaban J connectivity index is 1.49. The average Bonchev–Trinajstić information content (AvgIpc) is 3.03. The van der Waals surface area contributed by atoms with Crippen LogP contribution in [0.15, 0.2) is 54.6 Å². The smallest absolute Gasteiger partial charge is 0.222 e. The van der Waals surface area contributed by atoms with Gasteiger partial charge in [-0.05, 0) is 32.0 Å². The molecular weight excluding hydrogens is 322 g/mol. The number of quaternary nitrogens is 1. The number of H-pyrrole nitrogens is 1. The van der Waals surface area contributed by atoms with Crippen molar-refractivity contribution in [2.45, 2.75) is 19.9 Å². The summed E-state index contributed by atoms with van der Waals surface area (Å²) in [5.41, 5.74) is 4.17. The Morgan fingerprint density at radius 1 is 1.04 bits per heavy atom. The van der Waals surface area contributed by atoms with E-state index in [0.717, 1.165) is 48.3 Å². The first kappa shape index (κ1) is 16.9. The first-order valence-electron chi connectivity index (χ1n) is 9.41. The topological polar surface area (TPSA) is 40.5 Å². The Hall–Kier alpha value is -2.59. The van der Waals surface area contributed by atoms with E-state index in [1.165, 1.54) is 10.6 Å². The van der Waals surface area contributed by atoms with Gasteiger partial charge in [0.2, 0.25) is 5.78 Å². The van der Waals surface area contributed by atoms with Crippen LogP contribution in [-0.4, -0.2) is 43.0 Å². The molecule has 26 heavy (non-hydrogen) atoms. The number of nitrogens with zero attached hydrogens (tertiary/aromatic N) is 1. The zero-order valence-corrected chi connectivity index (χ0v) is 15.5. The van der Waals surface area contributed by atoms with E-state index in [-0.39, 0.29) is 11.8 Å². The summed E-state index contributed by atoms with van der Waals surface area (Å²) in [6, 6.07) is 18.6. The normalized spacial score (nSPS) is 16.8. The summed E-state index contributed by atoms with van der Waals surface area (Å²) in [6.07, 6.45) is 0. The third-order valence-electron chi connectivity index (χ3n) is 5.67. The molecule has 0 radical (unpaired) electrons. The predicted molar refractivity (Wildman–Crippen MR) is 106 cm³/mol. The van der Waals surface area contributed by atoms with E-state index in [0.29, 0.717) is 0 Å². The van der Waals surface area contributed by atoms with Gasteiger partial charge in [0.1, 0.15) is 6.04 Å². The summed E-state index contributed by atoms with van der Waals surface area (Å²) in [6.45, 7) is 8.04. The molecule has 4 nitrogen and oxygen atoms in total. The van der Waals surface area contributed by atoms with Crippen LogP contribution in [-0.2, 0) is 0 Å². The van der Waals surface area contributed by atoms with E-state index >= 15 is 0 Å². The molecule has 0 aliphatic carbocycles. The van der Waals surface area contributed by atoms with Crippen molar-refractivity contribution in [1.82, 2.24) is 4.98 Å². The number of hydrogen-bond acceptors (Lipinski definition) is 2. The second-order valence-electron chi connectivity index (χ2n) is 7.24. The van der Waals surface area contributed by atoms with Gasteiger partial charge in [0.15, 0.2) is 0 Å². The summed E-state index contributed by atoms with van der Waals surface area (Å²) in [5.74, 6) is 0.253. The fourth-order valence-electron chi connectivity index (χ4n) is 4.12. The number of Topliss-reactive ketones (excluding diaryl/α,β-unsaturated/α-hetero) is 1. The lowest BCUT2D eigenvalue weighted by molar-refractivity contribution is -0.914. The third-order valence-corrected chi connectivity index (χ3v) is 5.67. The van der Waals surface area contributed by atoms with Crippen LogP contribution >= 0.6 is 0 Å². The van der Waals surface area contributed by atoms with Crippen LogP contribution in [0.2, 0.25) is 0 Å². The van der Waals surface area contributed by atoms with Gasteiger partial charge in [0.05, 0.1) is 31.7 Å². The molecule has 1 saturated heterocycles. The van der Waals surface area contributed by atoms with Crippen molar-refractivity contribution >= 4 is 22.4 Å². The number of carbonyl (C=O) groups is 1. The number of carbonyl (C=O) groups excluding carboxylic acids is 1. The van der Waals surface area contributed by atoms with E-state index in [9.17, 15) is 4.79 Å². The number of aromatic amines is 1. The quantitative estimate of drug-likeness (QED) is 0.711. The van der Waals surface area contributed by atoms with Gasteiger partial charge in [0.25, 0.3) is 0 Å². The molecule has 0 bridgehead atoms. The number of piperazine rings is 1. The number of aromatic nitrogens is 1. The molecular formula is C22H26N3O+. The van der Waals surface area contributed by atoms with Crippen LogP contribution < -0.4 is 9.80 Å². The first-order chi connectivity index (χ1) is 12.6. The van der Waals surface area contributed by atoms with E-state index in [1.54, 1.807) is 0 Å². The molecule has 2 aromatic carbocycles. The van der Waals surface area contributed by atoms with Gasteiger partial charge in [-0.3, -0.25) is 4.79 Å². The molecule has 1 fully saturated rings. The molecule has 1 aliphatic heterocycles. The van der Waals surface area contributed by atoms with E-state index in [1.807, 2.05) is 31.2 Å². The highest BCUT2D eigenvalue weighted by Crippen LogP contribution is 2.23. The number of fused-ring (bicyclic) bond motifs is 1. The largest absolute Gasteiger partial charge is 0.360 e. The molecule has 2 N–H and O–H groups in total. The minimum absolute atomic E-state index is 0.0224. The standard InChI is InChI=1S/C22H25N3O/c1-16-21(19-10-6-7-11-20(19)23-16)22(26)17(2)24-12-14-25(15-13-24)18-8-4-3-5-9-18/h3-11,17,23H,12-15H2,1-2H3/p+1/t17-/m0/s1. The molecule has 0 spiro atoms. The molecule has 1 aromatic heterocycles. The lowest BCUT2D eigenvalue weighted by Crippen LogP contribution is -3.18. The molecule has 4 rings (SSSR count). The van der Waals surface area contributed by atoms with Crippen molar-refractivity contribution in [2.24, 2.45) is 0 Å². The zero-order chi connectivity index (χ0) is 18.1. The van der Waals surface area contributed by atoms with Gasteiger partial charge in [0, 0.05) is 22.3 Å². The molecule has 134 valence electrons. The fourth-order valence-corrected chi connectivity index (χ4v) is 4.12. The predicted octanol–water partition coefficient (Wildman–Crippen LogP) is 2.45. The number of benzene rings is 2. The minimum atomic E-state index is -0.0224.